The van der Waals surface area contributed by atoms with Crippen LogP contribution in [-0.4, -0.2) is 29.8 Å². The zero-order valence-corrected chi connectivity index (χ0v) is 12.3. The van der Waals surface area contributed by atoms with Crippen molar-refractivity contribution < 1.29 is 9.90 Å². The van der Waals surface area contributed by atoms with Crippen molar-refractivity contribution in [1.29, 1.82) is 0 Å². The predicted octanol–water partition coefficient (Wildman–Crippen LogP) is -0.139. The van der Waals surface area contributed by atoms with Crippen LogP contribution in [0.1, 0.15) is 25.6 Å². The van der Waals surface area contributed by atoms with Crippen molar-refractivity contribution in [2.24, 2.45) is 14.1 Å². The molecule has 8 heteroatoms. The van der Waals surface area contributed by atoms with E-state index in [2.05, 4.69) is 4.98 Å². The zero-order chi connectivity index (χ0) is 15.7. The van der Waals surface area contributed by atoms with E-state index in [0.29, 0.717) is 36.4 Å². The maximum absolute atomic E-state index is 12.3. The Morgan fingerprint density at radius 2 is 1.90 bits per heavy atom. The molecule has 0 atom stereocenters. The molecule has 2 aromatic rings. The van der Waals surface area contributed by atoms with Gasteiger partial charge in [0.05, 0.1) is 0 Å². The van der Waals surface area contributed by atoms with Gasteiger partial charge in [-0.2, -0.15) is 0 Å². The van der Waals surface area contributed by atoms with Gasteiger partial charge in [-0.15, -0.1) is 0 Å². The van der Waals surface area contributed by atoms with Gasteiger partial charge in [-0.1, -0.05) is 0 Å². The largest absolute Gasteiger partial charge is 0.481 e. The zero-order valence-electron chi connectivity index (χ0n) is 12.3. The highest BCUT2D eigenvalue weighted by atomic mass is 16.4. The van der Waals surface area contributed by atoms with Gasteiger partial charge in [0.2, 0.25) is 0 Å². The lowest BCUT2D eigenvalue weighted by molar-refractivity contribution is -0.137. The van der Waals surface area contributed by atoms with E-state index in [1.165, 1.54) is 11.6 Å². The van der Waals surface area contributed by atoms with Crippen LogP contribution in [0.5, 0.6) is 0 Å². The molecule has 0 radical (unpaired) electrons. The first-order valence-corrected chi connectivity index (χ1v) is 6.75. The Balaban J connectivity index is 2.61. The summed E-state index contributed by atoms with van der Waals surface area (Å²) in [5, 5.41) is 8.69. The Bertz CT molecular complexity index is 812. The summed E-state index contributed by atoms with van der Waals surface area (Å²) in [6.07, 6.45) is 0.933. The summed E-state index contributed by atoms with van der Waals surface area (Å²) < 4.78 is 4.14. The summed E-state index contributed by atoms with van der Waals surface area (Å²) in [6, 6.07) is 0. The second-order valence-electron chi connectivity index (χ2n) is 4.90. The Kier molecular flexibility index (Phi) is 3.97. The van der Waals surface area contributed by atoms with Crippen molar-refractivity contribution in [3.05, 3.63) is 26.7 Å². The van der Waals surface area contributed by atoms with Gasteiger partial charge in [0.1, 0.15) is 5.82 Å². The Hall–Kier alpha value is -2.38. The van der Waals surface area contributed by atoms with E-state index < -0.39 is 11.7 Å². The van der Waals surface area contributed by atoms with Crippen molar-refractivity contribution in [3.8, 4) is 0 Å². The molecular weight excluding hydrogens is 276 g/mol. The fraction of sp³-hybridized carbons (Fsp3) is 0.538. The summed E-state index contributed by atoms with van der Waals surface area (Å²) in [5.74, 6) is -0.232. The molecule has 0 unspecified atom stereocenters. The molecule has 114 valence electrons. The van der Waals surface area contributed by atoms with Gasteiger partial charge in [-0.25, -0.2) is 9.78 Å². The van der Waals surface area contributed by atoms with Crippen LogP contribution in [0.3, 0.4) is 0 Å². The highest BCUT2D eigenvalue weighted by Crippen LogP contribution is 2.13. The van der Waals surface area contributed by atoms with Gasteiger partial charge in [-0.3, -0.25) is 18.7 Å². The molecule has 0 aliphatic carbocycles. The highest BCUT2D eigenvalue weighted by Gasteiger charge is 2.17. The van der Waals surface area contributed by atoms with Crippen LogP contribution in [0, 0.1) is 0 Å². The average Bonchev–Trinajstić information content (AvgIpc) is 2.81. The van der Waals surface area contributed by atoms with Crippen molar-refractivity contribution in [2.75, 3.05) is 0 Å². The predicted molar refractivity (Wildman–Crippen MR) is 76.5 cm³/mol. The molecule has 0 spiro atoms. The van der Waals surface area contributed by atoms with Gasteiger partial charge in [0.15, 0.2) is 11.2 Å². The van der Waals surface area contributed by atoms with Crippen molar-refractivity contribution in [2.45, 2.75) is 32.7 Å². The number of aromatic nitrogens is 4. The van der Waals surface area contributed by atoms with E-state index in [1.54, 1.807) is 11.6 Å². The summed E-state index contributed by atoms with van der Waals surface area (Å²) in [4.78, 5) is 39.1. The number of aryl methyl sites for hydroxylation is 3. The fourth-order valence-electron chi connectivity index (χ4n) is 2.42. The lowest BCUT2D eigenvalue weighted by Gasteiger charge is -2.06. The summed E-state index contributed by atoms with van der Waals surface area (Å²) in [5.41, 5.74) is -0.0834. The Morgan fingerprint density at radius 3 is 2.48 bits per heavy atom. The molecule has 1 N–H and O–H groups in total. The number of carboxylic acid groups (broad SMARTS) is 1. The number of hydrogen-bond acceptors (Lipinski definition) is 4. The lowest BCUT2D eigenvalue weighted by Crippen LogP contribution is -2.37. The molecule has 0 bridgehead atoms. The Labute approximate surface area is 120 Å². The van der Waals surface area contributed by atoms with E-state index in [4.69, 9.17) is 5.11 Å². The minimum atomic E-state index is -0.863. The standard InChI is InChI=1S/C13H18N4O4/c1-4-17-8(6-5-7-9(18)19)14-11-10(17)12(20)16(3)13(21)15(11)2/h4-7H2,1-3H3,(H,18,19). The third-order valence-electron chi connectivity index (χ3n) is 3.53. The number of imidazole rings is 1. The molecule has 0 saturated heterocycles. The van der Waals surface area contributed by atoms with E-state index in [9.17, 15) is 14.4 Å². The van der Waals surface area contributed by atoms with Crippen LogP contribution in [0.4, 0.5) is 0 Å². The number of fused-ring (bicyclic) bond motifs is 1. The fourth-order valence-corrected chi connectivity index (χ4v) is 2.42. The molecule has 0 fully saturated rings. The van der Waals surface area contributed by atoms with Gasteiger partial charge in [-0.05, 0) is 13.3 Å². The van der Waals surface area contributed by atoms with Gasteiger partial charge in [0, 0.05) is 33.5 Å². The topological polar surface area (TPSA) is 99.1 Å². The number of nitrogens with zero attached hydrogens (tertiary/aromatic N) is 4. The Morgan fingerprint density at radius 1 is 1.24 bits per heavy atom. The minimum Gasteiger partial charge on any atom is -0.481 e. The monoisotopic (exact) mass is 294 g/mol. The molecule has 2 heterocycles. The number of carbonyl (C=O) groups is 1. The minimum absolute atomic E-state index is 0.0455. The number of rotatable bonds is 5. The SMILES string of the molecule is CCn1c(CCCC(=O)O)nc2c1c(=O)n(C)c(=O)n2C. The average molecular weight is 294 g/mol. The third-order valence-corrected chi connectivity index (χ3v) is 3.53. The summed E-state index contributed by atoms with van der Waals surface area (Å²) in [6.45, 7) is 2.42. The molecule has 0 amide bonds. The first kappa shape index (κ1) is 15.0. The van der Waals surface area contributed by atoms with Crippen molar-refractivity contribution in [3.63, 3.8) is 0 Å². The molecular formula is C13H18N4O4. The molecule has 8 nitrogen and oxygen atoms in total. The first-order chi connectivity index (χ1) is 9.88. The molecule has 0 aromatic carbocycles. The van der Waals surface area contributed by atoms with E-state index >= 15 is 0 Å². The van der Waals surface area contributed by atoms with Gasteiger partial charge in [0.25, 0.3) is 5.56 Å². The van der Waals surface area contributed by atoms with E-state index in [-0.39, 0.29) is 12.0 Å². The first-order valence-electron chi connectivity index (χ1n) is 6.75. The quantitative estimate of drug-likeness (QED) is 0.827. The van der Waals surface area contributed by atoms with Crippen LogP contribution in [0.2, 0.25) is 0 Å². The van der Waals surface area contributed by atoms with Crippen molar-refractivity contribution >= 4 is 17.1 Å². The van der Waals surface area contributed by atoms with Crippen LogP contribution in [0.15, 0.2) is 9.59 Å². The number of carboxylic acids is 1. The van der Waals surface area contributed by atoms with E-state index in [1.807, 2.05) is 6.92 Å². The van der Waals surface area contributed by atoms with Crippen LogP contribution in [-0.2, 0) is 31.9 Å². The smallest absolute Gasteiger partial charge is 0.332 e. The van der Waals surface area contributed by atoms with Gasteiger partial charge >= 0.3 is 11.7 Å². The van der Waals surface area contributed by atoms with Crippen LogP contribution < -0.4 is 11.2 Å². The molecule has 2 aromatic heterocycles. The molecule has 0 aliphatic rings. The maximum atomic E-state index is 12.3. The third kappa shape index (κ3) is 2.48. The molecule has 0 saturated carbocycles. The highest BCUT2D eigenvalue weighted by molar-refractivity contribution is 5.71. The second-order valence-corrected chi connectivity index (χ2v) is 4.90. The van der Waals surface area contributed by atoms with Crippen LogP contribution >= 0.6 is 0 Å². The number of hydrogen-bond donors (Lipinski definition) is 1. The number of aliphatic carboxylic acids is 1. The maximum Gasteiger partial charge on any atom is 0.332 e. The summed E-state index contributed by atoms with van der Waals surface area (Å²) >= 11 is 0. The molecule has 2 rings (SSSR count). The molecule has 21 heavy (non-hydrogen) atoms. The second kappa shape index (κ2) is 5.55. The summed E-state index contributed by atoms with van der Waals surface area (Å²) in [7, 11) is 3.00. The normalized spacial score (nSPS) is 11.2. The van der Waals surface area contributed by atoms with Gasteiger partial charge < -0.3 is 9.67 Å². The van der Waals surface area contributed by atoms with Crippen LogP contribution in [0.25, 0.3) is 11.2 Å². The lowest BCUT2D eigenvalue weighted by atomic mass is 10.2. The van der Waals surface area contributed by atoms with Crippen molar-refractivity contribution in [1.82, 2.24) is 18.7 Å². The molecule has 0 aliphatic heterocycles. The van der Waals surface area contributed by atoms with E-state index in [0.717, 1.165) is 4.57 Å².